The van der Waals surface area contributed by atoms with Crippen molar-refractivity contribution >= 4 is 35.3 Å². The van der Waals surface area contributed by atoms with Crippen LogP contribution < -0.4 is 26.7 Å². The summed E-state index contributed by atoms with van der Waals surface area (Å²) in [4.78, 5) is 50.3. The largest absolute Gasteiger partial charge is 0.372 e. The SMILES string of the molecule is C/C(=N\NC(N)=O)c1cc2c(c(F)c1F)N1C[C@@H](C)O[C@@H](C)[C@@H]1C1(C2)C(=O)NC(=O)NC1=O. The number of hydrogen-bond acceptors (Lipinski definition) is 7. The van der Waals surface area contributed by atoms with Crippen molar-refractivity contribution in [3.63, 3.8) is 0 Å². The summed E-state index contributed by atoms with van der Waals surface area (Å²) in [7, 11) is 0. The van der Waals surface area contributed by atoms with Crippen molar-refractivity contribution < 1.29 is 32.7 Å². The van der Waals surface area contributed by atoms with Crippen LogP contribution in [0.4, 0.5) is 24.1 Å². The van der Waals surface area contributed by atoms with Gasteiger partial charge in [0, 0.05) is 18.5 Å². The number of hydrazone groups is 1. The number of ether oxygens (including phenoxy) is 1. The van der Waals surface area contributed by atoms with Crippen LogP contribution in [0.2, 0.25) is 0 Å². The number of halogens is 2. The van der Waals surface area contributed by atoms with Gasteiger partial charge in [0.25, 0.3) is 0 Å². The van der Waals surface area contributed by atoms with E-state index in [1.54, 1.807) is 13.8 Å². The highest BCUT2D eigenvalue weighted by molar-refractivity contribution is 6.20. The van der Waals surface area contributed by atoms with E-state index in [-0.39, 0.29) is 35.5 Å². The van der Waals surface area contributed by atoms with Crippen LogP contribution in [0.5, 0.6) is 0 Å². The highest BCUT2D eigenvalue weighted by Gasteiger charge is 2.63. The van der Waals surface area contributed by atoms with E-state index < -0.39 is 59.2 Å². The number of primary amides is 1. The summed E-state index contributed by atoms with van der Waals surface area (Å²) in [5, 5.41) is 7.88. The monoisotopic (exact) mass is 464 g/mol. The van der Waals surface area contributed by atoms with Gasteiger partial charge in [0.15, 0.2) is 17.0 Å². The summed E-state index contributed by atoms with van der Waals surface area (Å²) in [5.41, 5.74) is 4.79. The zero-order valence-corrected chi connectivity index (χ0v) is 18.0. The Bertz CT molecular complexity index is 1100. The first-order chi connectivity index (χ1) is 15.5. The molecule has 5 N–H and O–H groups in total. The molecule has 0 radical (unpaired) electrons. The molecule has 3 aliphatic heterocycles. The standard InChI is InChI=1S/C20H22F2N6O5/c1-7-6-28-14-10(4-11(12(21)13(14)22)8(2)26-27-18(23)31)5-20(15(28)9(3)33-7)16(29)24-19(32)25-17(20)30/h4,7,9,15H,5-6H2,1-3H3,(H3,23,27,31)(H2,24,25,29,30,32)/b26-8+/t7-,9+,15-/m1/s1. The maximum Gasteiger partial charge on any atom is 0.332 e. The van der Waals surface area contributed by atoms with Crippen LogP contribution in [-0.2, 0) is 20.7 Å². The number of urea groups is 2. The van der Waals surface area contributed by atoms with Crippen LogP contribution in [0.1, 0.15) is 31.9 Å². The normalized spacial score (nSPS) is 26.3. The maximum absolute atomic E-state index is 15.5. The lowest BCUT2D eigenvalue weighted by Gasteiger charge is -2.55. The average molecular weight is 464 g/mol. The molecular formula is C20H22F2N6O5. The van der Waals surface area contributed by atoms with E-state index in [2.05, 4.69) is 15.7 Å². The summed E-state index contributed by atoms with van der Waals surface area (Å²) in [6.07, 6.45) is -1.46. The molecule has 3 atom stereocenters. The van der Waals surface area contributed by atoms with Gasteiger partial charge in [-0.15, -0.1) is 0 Å². The van der Waals surface area contributed by atoms with E-state index in [1.807, 2.05) is 5.43 Å². The molecule has 3 heterocycles. The predicted octanol–water partition coefficient (Wildman–Crippen LogP) is 0.248. The first kappa shape index (κ1) is 22.6. The number of fused-ring (bicyclic) bond motifs is 4. The Morgan fingerprint density at radius 2 is 1.88 bits per heavy atom. The van der Waals surface area contributed by atoms with Crippen LogP contribution >= 0.6 is 0 Å². The van der Waals surface area contributed by atoms with E-state index in [0.29, 0.717) is 0 Å². The Labute approximate surface area is 186 Å². The van der Waals surface area contributed by atoms with Crippen LogP contribution in [0, 0.1) is 17.0 Å². The number of nitrogens with zero attached hydrogens (tertiary/aromatic N) is 2. The van der Waals surface area contributed by atoms with Gasteiger partial charge in [-0.2, -0.15) is 5.10 Å². The fourth-order valence-corrected chi connectivity index (χ4v) is 5.00. The van der Waals surface area contributed by atoms with Crippen molar-refractivity contribution in [1.29, 1.82) is 0 Å². The molecular weight excluding hydrogens is 442 g/mol. The maximum atomic E-state index is 15.5. The molecule has 0 bridgehead atoms. The van der Waals surface area contributed by atoms with E-state index in [4.69, 9.17) is 10.5 Å². The summed E-state index contributed by atoms with van der Waals surface area (Å²) >= 11 is 0. The fourth-order valence-electron chi connectivity index (χ4n) is 5.00. The third-order valence-electron chi connectivity index (χ3n) is 6.19. The molecule has 6 amide bonds. The fraction of sp³-hybridized carbons (Fsp3) is 0.450. The van der Waals surface area contributed by atoms with Gasteiger partial charge < -0.3 is 15.4 Å². The molecule has 2 fully saturated rings. The zero-order valence-electron chi connectivity index (χ0n) is 18.0. The average Bonchev–Trinajstić information content (AvgIpc) is 2.71. The molecule has 1 aromatic rings. The van der Waals surface area contributed by atoms with Crippen molar-refractivity contribution in [2.45, 2.75) is 45.4 Å². The molecule has 0 aromatic heterocycles. The van der Waals surface area contributed by atoms with Gasteiger partial charge in [0.05, 0.1) is 29.6 Å². The predicted molar refractivity (Wildman–Crippen MR) is 110 cm³/mol. The van der Waals surface area contributed by atoms with Crippen molar-refractivity contribution in [3.05, 3.63) is 28.8 Å². The summed E-state index contributed by atoms with van der Waals surface area (Å²) < 4.78 is 36.4. The Kier molecular flexibility index (Phi) is 5.31. The molecule has 3 aliphatic rings. The number of nitrogens with two attached hydrogens (primary N) is 1. The minimum absolute atomic E-state index is 0.0737. The van der Waals surface area contributed by atoms with Crippen LogP contribution in [0.15, 0.2) is 11.2 Å². The van der Waals surface area contributed by atoms with Gasteiger partial charge in [-0.1, -0.05) is 0 Å². The Morgan fingerprint density at radius 3 is 2.48 bits per heavy atom. The number of rotatable bonds is 2. The number of nitrogens with one attached hydrogen (secondary N) is 3. The molecule has 176 valence electrons. The lowest BCUT2D eigenvalue weighted by atomic mass is 9.66. The van der Waals surface area contributed by atoms with E-state index in [9.17, 15) is 19.2 Å². The second kappa shape index (κ2) is 7.76. The van der Waals surface area contributed by atoms with E-state index >= 15 is 8.78 Å². The van der Waals surface area contributed by atoms with Gasteiger partial charge in [0.2, 0.25) is 11.8 Å². The number of morpholine rings is 1. The minimum atomic E-state index is -1.83. The van der Waals surface area contributed by atoms with Gasteiger partial charge >= 0.3 is 12.1 Å². The second-order valence-electron chi connectivity index (χ2n) is 8.37. The molecule has 33 heavy (non-hydrogen) atoms. The summed E-state index contributed by atoms with van der Waals surface area (Å²) in [5.74, 6) is -4.11. The van der Waals surface area contributed by atoms with Crippen LogP contribution in [0.3, 0.4) is 0 Å². The van der Waals surface area contributed by atoms with Crippen molar-refractivity contribution in [2.75, 3.05) is 11.4 Å². The molecule has 0 unspecified atom stereocenters. The highest BCUT2D eigenvalue weighted by Crippen LogP contribution is 2.48. The number of barbiturate groups is 1. The quantitative estimate of drug-likeness (QED) is 0.279. The Hall–Kier alpha value is -3.61. The molecule has 2 saturated heterocycles. The Morgan fingerprint density at radius 1 is 1.24 bits per heavy atom. The minimum Gasteiger partial charge on any atom is -0.372 e. The van der Waals surface area contributed by atoms with Gasteiger partial charge in [-0.3, -0.25) is 20.2 Å². The lowest BCUT2D eigenvalue weighted by molar-refractivity contribution is -0.153. The number of amides is 6. The smallest absolute Gasteiger partial charge is 0.332 e. The van der Waals surface area contributed by atoms with Crippen molar-refractivity contribution in [2.24, 2.45) is 16.3 Å². The van der Waals surface area contributed by atoms with Gasteiger partial charge in [-0.25, -0.2) is 23.8 Å². The number of carbonyl (C=O) groups excluding carboxylic acids is 4. The number of hydrogen-bond donors (Lipinski definition) is 4. The van der Waals surface area contributed by atoms with Gasteiger partial charge in [0.1, 0.15) is 0 Å². The first-order valence-corrected chi connectivity index (χ1v) is 10.2. The zero-order chi connectivity index (χ0) is 24.2. The van der Waals surface area contributed by atoms with E-state index in [1.165, 1.54) is 17.9 Å². The topological polar surface area (TPSA) is 155 Å². The van der Waals surface area contributed by atoms with Crippen molar-refractivity contribution in [3.8, 4) is 0 Å². The molecule has 11 nitrogen and oxygen atoms in total. The molecule has 0 aliphatic carbocycles. The van der Waals surface area contributed by atoms with E-state index in [0.717, 1.165) is 0 Å². The molecule has 0 saturated carbocycles. The number of imide groups is 2. The number of anilines is 1. The number of carbonyl (C=O) groups is 4. The molecule has 1 spiro atoms. The second-order valence-corrected chi connectivity index (χ2v) is 8.37. The molecule has 4 rings (SSSR count). The Balaban J connectivity index is 1.93. The highest BCUT2D eigenvalue weighted by atomic mass is 19.2. The van der Waals surface area contributed by atoms with Crippen LogP contribution in [-0.4, -0.2) is 54.4 Å². The summed E-state index contributed by atoms with van der Waals surface area (Å²) in [6, 6.07) is -1.68. The first-order valence-electron chi connectivity index (χ1n) is 10.2. The molecule has 13 heteroatoms. The lowest BCUT2D eigenvalue weighted by Crippen LogP contribution is -2.75. The number of benzene rings is 1. The summed E-state index contributed by atoms with van der Waals surface area (Å²) in [6.45, 7) is 4.77. The molecule has 1 aromatic carbocycles. The third-order valence-corrected chi connectivity index (χ3v) is 6.19. The third kappa shape index (κ3) is 3.39. The van der Waals surface area contributed by atoms with Crippen LogP contribution in [0.25, 0.3) is 0 Å². The van der Waals surface area contributed by atoms with Crippen molar-refractivity contribution in [1.82, 2.24) is 16.1 Å². The van der Waals surface area contributed by atoms with Gasteiger partial charge in [-0.05, 0) is 32.4 Å².